The maximum Gasteiger partial charge on any atom is 0.138 e. The minimum atomic E-state index is -0.223. The molecule has 1 N–H and O–H groups in total. The van der Waals surface area contributed by atoms with Gasteiger partial charge >= 0.3 is 0 Å². The largest absolute Gasteiger partial charge is 0.456 e. The van der Waals surface area contributed by atoms with Gasteiger partial charge < -0.3 is 9.73 Å². The fourth-order valence-corrected chi connectivity index (χ4v) is 2.81. The summed E-state index contributed by atoms with van der Waals surface area (Å²) >= 11 is 0. The number of fused-ring (bicyclic) bond motifs is 1. The molecule has 0 fully saturated rings. The maximum absolute atomic E-state index is 13.9. The Morgan fingerprint density at radius 1 is 1.04 bits per heavy atom. The molecule has 3 aromatic rings. The van der Waals surface area contributed by atoms with E-state index in [9.17, 15) is 4.39 Å². The Morgan fingerprint density at radius 3 is 2.35 bits per heavy atom. The summed E-state index contributed by atoms with van der Waals surface area (Å²) < 4.78 is 20.0. The second-order valence-corrected chi connectivity index (χ2v) is 6.96. The highest BCUT2D eigenvalue weighted by Crippen LogP contribution is 2.36. The summed E-state index contributed by atoms with van der Waals surface area (Å²) in [5, 5.41) is 3.94. The molecule has 120 valence electrons. The van der Waals surface area contributed by atoms with Crippen molar-refractivity contribution in [1.82, 2.24) is 5.32 Å². The highest BCUT2D eigenvalue weighted by molar-refractivity contribution is 5.86. The third kappa shape index (κ3) is 3.15. The highest BCUT2D eigenvalue weighted by Gasteiger charge is 2.21. The lowest BCUT2D eigenvalue weighted by atomic mass is 9.86. The number of halogens is 1. The molecule has 0 unspecified atom stereocenters. The van der Waals surface area contributed by atoms with Gasteiger partial charge in [-0.1, -0.05) is 45.0 Å². The SMILES string of the molecule is CNCc1ccc(-c2cc3cc(F)cc(C(C)(C)C)c3o2)cc1. The lowest BCUT2D eigenvalue weighted by Crippen LogP contribution is -2.11. The maximum atomic E-state index is 13.9. The zero-order valence-electron chi connectivity index (χ0n) is 14.0. The molecule has 0 radical (unpaired) electrons. The molecule has 0 spiro atoms. The van der Waals surface area contributed by atoms with E-state index in [1.165, 1.54) is 11.6 Å². The fourth-order valence-electron chi connectivity index (χ4n) is 2.81. The molecular formula is C20H22FNO. The Kier molecular flexibility index (Phi) is 3.99. The number of hydrogen-bond acceptors (Lipinski definition) is 2. The Bertz CT molecular complexity index is 825. The Labute approximate surface area is 136 Å². The molecule has 0 saturated carbocycles. The van der Waals surface area contributed by atoms with Crippen LogP contribution in [0.2, 0.25) is 0 Å². The molecule has 2 aromatic carbocycles. The first-order chi connectivity index (χ1) is 10.9. The lowest BCUT2D eigenvalue weighted by molar-refractivity contribution is 0.553. The molecule has 0 aliphatic rings. The minimum absolute atomic E-state index is 0.174. The van der Waals surface area contributed by atoms with Crippen molar-refractivity contribution in [2.24, 2.45) is 0 Å². The van der Waals surface area contributed by atoms with Crippen molar-refractivity contribution in [3.8, 4) is 11.3 Å². The summed E-state index contributed by atoms with van der Waals surface area (Å²) in [4.78, 5) is 0. The second kappa shape index (κ2) is 5.82. The average Bonchev–Trinajstić information content (AvgIpc) is 2.90. The molecule has 0 aliphatic carbocycles. The zero-order chi connectivity index (χ0) is 16.6. The van der Waals surface area contributed by atoms with E-state index in [2.05, 4.69) is 38.2 Å². The Hall–Kier alpha value is -2.13. The van der Waals surface area contributed by atoms with Gasteiger partial charge in [0.25, 0.3) is 0 Å². The summed E-state index contributed by atoms with van der Waals surface area (Å²) in [7, 11) is 1.93. The number of furan rings is 1. The van der Waals surface area contributed by atoms with Crippen molar-refractivity contribution < 1.29 is 8.81 Å². The molecule has 3 rings (SSSR count). The van der Waals surface area contributed by atoms with Crippen LogP contribution in [0.1, 0.15) is 31.9 Å². The monoisotopic (exact) mass is 311 g/mol. The Morgan fingerprint density at radius 2 is 1.74 bits per heavy atom. The molecule has 3 heteroatoms. The third-order valence-electron chi connectivity index (χ3n) is 4.01. The molecule has 0 saturated heterocycles. The van der Waals surface area contributed by atoms with Gasteiger partial charge in [-0.25, -0.2) is 4.39 Å². The van der Waals surface area contributed by atoms with Gasteiger partial charge in [0, 0.05) is 23.1 Å². The van der Waals surface area contributed by atoms with E-state index in [1.807, 2.05) is 25.2 Å². The van der Waals surface area contributed by atoms with E-state index in [0.717, 1.165) is 34.4 Å². The van der Waals surface area contributed by atoms with Gasteiger partial charge in [-0.2, -0.15) is 0 Å². The molecular weight excluding hydrogens is 289 g/mol. The van der Waals surface area contributed by atoms with Crippen molar-refractivity contribution in [2.75, 3.05) is 7.05 Å². The molecule has 0 aliphatic heterocycles. The van der Waals surface area contributed by atoms with Crippen LogP contribution in [-0.4, -0.2) is 7.05 Å². The molecule has 0 bridgehead atoms. The number of rotatable bonds is 3. The van der Waals surface area contributed by atoms with Crippen LogP contribution in [0.4, 0.5) is 4.39 Å². The van der Waals surface area contributed by atoms with Crippen LogP contribution < -0.4 is 5.32 Å². The number of benzene rings is 2. The van der Waals surface area contributed by atoms with Gasteiger partial charge in [0.05, 0.1) is 0 Å². The molecule has 2 nitrogen and oxygen atoms in total. The average molecular weight is 311 g/mol. The first kappa shape index (κ1) is 15.8. The summed E-state index contributed by atoms with van der Waals surface area (Å²) in [6, 6.07) is 13.3. The molecule has 1 heterocycles. The number of nitrogens with one attached hydrogen (secondary N) is 1. The van der Waals surface area contributed by atoms with E-state index in [0.29, 0.717) is 0 Å². The number of hydrogen-bond donors (Lipinski definition) is 1. The van der Waals surface area contributed by atoms with Gasteiger partial charge in [0.1, 0.15) is 17.2 Å². The third-order valence-corrected chi connectivity index (χ3v) is 4.01. The quantitative estimate of drug-likeness (QED) is 0.714. The molecule has 23 heavy (non-hydrogen) atoms. The van der Waals surface area contributed by atoms with Gasteiger partial charge in [0.15, 0.2) is 0 Å². The van der Waals surface area contributed by atoms with E-state index < -0.39 is 0 Å². The van der Waals surface area contributed by atoms with Crippen LogP contribution in [0.25, 0.3) is 22.3 Å². The Balaban J connectivity index is 2.09. The standard InChI is InChI=1S/C20H22FNO/c1-20(2,3)17-11-16(21)9-15-10-18(23-19(15)17)14-7-5-13(6-8-14)12-22-4/h5-11,22H,12H2,1-4H3. The van der Waals surface area contributed by atoms with Crippen LogP contribution in [0, 0.1) is 5.82 Å². The second-order valence-electron chi connectivity index (χ2n) is 6.96. The molecule has 1 aromatic heterocycles. The first-order valence-electron chi connectivity index (χ1n) is 7.86. The van der Waals surface area contributed by atoms with Gasteiger partial charge in [-0.15, -0.1) is 0 Å². The smallest absolute Gasteiger partial charge is 0.138 e. The molecule has 0 atom stereocenters. The van der Waals surface area contributed by atoms with Gasteiger partial charge in [0.2, 0.25) is 0 Å². The van der Waals surface area contributed by atoms with Crippen molar-refractivity contribution >= 4 is 11.0 Å². The lowest BCUT2D eigenvalue weighted by Gasteiger charge is -2.19. The minimum Gasteiger partial charge on any atom is -0.456 e. The first-order valence-corrected chi connectivity index (χ1v) is 7.86. The van der Waals surface area contributed by atoms with Gasteiger partial charge in [-0.05, 0) is 36.2 Å². The topological polar surface area (TPSA) is 25.2 Å². The van der Waals surface area contributed by atoms with Crippen LogP contribution in [0.3, 0.4) is 0 Å². The molecule has 0 amide bonds. The van der Waals surface area contributed by atoms with Crippen LogP contribution in [0.15, 0.2) is 46.9 Å². The summed E-state index contributed by atoms with van der Waals surface area (Å²) in [6.45, 7) is 7.03. The predicted molar refractivity (Wildman–Crippen MR) is 93.1 cm³/mol. The zero-order valence-corrected chi connectivity index (χ0v) is 14.0. The van der Waals surface area contributed by atoms with Crippen LogP contribution >= 0.6 is 0 Å². The highest BCUT2D eigenvalue weighted by atomic mass is 19.1. The van der Waals surface area contributed by atoms with E-state index >= 15 is 0 Å². The van der Waals surface area contributed by atoms with Crippen molar-refractivity contribution in [3.63, 3.8) is 0 Å². The summed E-state index contributed by atoms with van der Waals surface area (Å²) in [6.07, 6.45) is 0. The fraction of sp³-hybridized carbons (Fsp3) is 0.300. The normalized spacial score (nSPS) is 12.0. The summed E-state index contributed by atoms with van der Waals surface area (Å²) in [5.41, 5.74) is 3.71. The van der Waals surface area contributed by atoms with Gasteiger partial charge in [-0.3, -0.25) is 0 Å². The summed E-state index contributed by atoms with van der Waals surface area (Å²) in [5.74, 6) is 0.547. The van der Waals surface area contributed by atoms with E-state index in [-0.39, 0.29) is 11.2 Å². The van der Waals surface area contributed by atoms with Crippen molar-refractivity contribution in [1.29, 1.82) is 0 Å². The van der Waals surface area contributed by atoms with Crippen molar-refractivity contribution in [3.05, 3.63) is 59.4 Å². The van der Waals surface area contributed by atoms with Crippen molar-refractivity contribution in [2.45, 2.75) is 32.7 Å². The van der Waals surface area contributed by atoms with E-state index in [1.54, 1.807) is 6.07 Å². The van der Waals surface area contributed by atoms with Crippen LogP contribution in [0.5, 0.6) is 0 Å². The van der Waals surface area contributed by atoms with E-state index in [4.69, 9.17) is 4.42 Å². The van der Waals surface area contributed by atoms with Crippen LogP contribution in [-0.2, 0) is 12.0 Å². The predicted octanol–water partition coefficient (Wildman–Crippen LogP) is 5.26.